The molecule has 0 bridgehead atoms. The molecule has 1 N–H and O–H groups in total. The minimum absolute atomic E-state index is 0.111. The molecule has 1 nitrogen and oxygen atoms in total. The molecule has 0 heterocycles. The normalized spacial score (nSPS) is 12.2. The molecule has 3 heteroatoms. The van der Waals surface area contributed by atoms with Crippen LogP contribution in [0.4, 0.5) is 0 Å². The average Bonchev–Trinajstić information content (AvgIpc) is 2.68. The van der Waals surface area contributed by atoms with Crippen LogP contribution in [0.1, 0.15) is 142 Å². The van der Waals surface area contributed by atoms with Crippen LogP contribution in [0.5, 0.6) is 0 Å². The van der Waals surface area contributed by atoms with Gasteiger partial charge in [0, 0.05) is 0 Å². The molecule has 0 aliphatic heterocycles. The number of nitrogens with one attached hydrogen (secondary N) is 1. The molecule has 0 aliphatic carbocycles. The molecule has 27 heavy (non-hydrogen) atoms. The van der Waals surface area contributed by atoms with E-state index in [9.17, 15) is 0 Å². The fraction of sp³-hybridized carbons (Fsp3) is 1.00. The topological polar surface area (TPSA) is 12.0 Å². The summed E-state index contributed by atoms with van der Waals surface area (Å²) in [7, 11) is 0.223. The van der Waals surface area contributed by atoms with Gasteiger partial charge in [-0.2, -0.15) is 0 Å². The van der Waals surface area contributed by atoms with E-state index in [1.54, 1.807) is 12.1 Å². The van der Waals surface area contributed by atoms with Gasteiger partial charge in [0.15, 0.2) is 0 Å². The van der Waals surface area contributed by atoms with Gasteiger partial charge in [-0.1, -0.05) is 154 Å². The maximum Gasteiger partial charge on any atom is 0.0844 e. The van der Waals surface area contributed by atoms with Crippen molar-refractivity contribution in [3.63, 3.8) is 0 Å². The summed E-state index contributed by atoms with van der Waals surface area (Å²) in [6.45, 7) is 4.61. The van der Waals surface area contributed by atoms with E-state index in [2.05, 4.69) is 18.5 Å². The third-order valence-electron chi connectivity index (χ3n) is 5.91. The molecule has 164 valence electrons. The van der Waals surface area contributed by atoms with Gasteiger partial charge in [-0.3, -0.25) is 0 Å². The second kappa shape index (κ2) is 26.4. The Labute approximate surface area is 178 Å². The van der Waals surface area contributed by atoms with Crippen molar-refractivity contribution in [1.29, 1.82) is 0 Å². The third kappa shape index (κ3) is 26.4. The van der Waals surface area contributed by atoms with Crippen molar-refractivity contribution < 1.29 is 0 Å². The lowest BCUT2D eigenvalue weighted by atomic mass is 10.1. The van der Waals surface area contributed by atoms with Crippen LogP contribution in [-0.2, 0) is 0 Å². The van der Waals surface area contributed by atoms with Crippen molar-refractivity contribution in [2.75, 3.05) is 0 Å². The Kier molecular flexibility index (Phi) is 26.8. The molecule has 0 amide bonds. The second-order valence-corrected chi connectivity index (χ2v) is 13.2. The van der Waals surface area contributed by atoms with Gasteiger partial charge in [0.2, 0.25) is 0 Å². The molecule has 0 rings (SSSR count). The summed E-state index contributed by atoms with van der Waals surface area (Å²) in [5.41, 5.74) is 0. The van der Waals surface area contributed by atoms with Gasteiger partial charge in [-0.15, -0.1) is 0 Å². The molecule has 0 atom stereocenters. The Morgan fingerprint density at radius 2 is 0.630 bits per heavy atom. The zero-order valence-corrected chi connectivity index (χ0v) is 22.3. The predicted molar refractivity (Wildman–Crippen MR) is 134 cm³/mol. The Bertz CT molecular complexity index is 225. The van der Waals surface area contributed by atoms with Gasteiger partial charge in [-0.25, -0.2) is 0 Å². The molecular weight excluding hydrogens is 358 g/mol. The molecule has 0 fully saturated rings. The lowest BCUT2D eigenvalue weighted by Crippen LogP contribution is -2.23. The number of rotatable bonds is 24. The summed E-state index contributed by atoms with van der Waals surface area (Å²) in [4.78, 5) is 0. The molecule has 0 saturated carbocycles. The quantitative estimate of drug-likeness (QED) is 0.128. The average molecular weight is 414 g/mol. The first-order chi connectivity index (χ1) is 13.4. The molecule has 0 aromatic rings. The first-order valence-corrected chi connectivity index (χ1v) is 16.5. The van der Waals surface area contributed by atoms with Crippen LogP contribution in [0.15, 0.2) is 0 Å². The highest BCUT2D eigenvalue weighted by atomic mass is 28.3. The van der Waals surface area contributed by atoms with Gasteiger partial charge in [-0.05, 0) is 0 Å². The van der Waals surface area contributed by atoms with Crippen LogP contribution in [0.25, 0.3) is 0 Å². The molecule has 0 aliphatic rings. The van der Waals surface area contributed by atoms with Crippen molar-refractivity contribution in [2.45, 2.75) is 154 Å². The first-order valence-electron chi connectivity index (χ1n) is 13.1. The largest absolute Gasteiger partial charge is 0.369 e. The summed E-state index contributed by atoms with van der Waals surface area (Å²) in [5.74, 6) is 0. The van der Waals surface area contributed by atoms with Gasteiger partial charge in [0.05, 0.1) is 19.4 Å². The van der Waals surface area contributed by atoms with Gasteiger partial charge in [0.1, 0.15) is 0 Å². The van der Waals surface area contributed by atoms with Gasteiger partial charge < -0.3 is 4.65 Å². The van der Waals surface area contributed by atoms with Crippen LogP contribution in [0, 0.1) is 0 Å². The summed E-state index contributed by atoms with van der Waals surface area (Å²) in [6, 6.07) is 3.11. The van der Waals surface area contributed by atoms with Crippen molar-refractivity contribution in [3.8, 4) is 0 Å². The predicted octanol–water partition coefficient (Wildman–Crippen LogP) is 7.42. The molecule has 0 saturated heterocycles. The van der Waals surface area contributed by atoms with Gasteiger partial charge >= 0.3 is 0 Å². The van der Waals surface area contributed by atoms with Crippen LogP contribution in [0.2, 0.25) is 12.1 Å². The Morgan fingerprint density at radius 3 is 0.926 bits per heavy atom. The standard InChI is InChI=1S/C24H55NSi2/c1-3-5-7-9-11-13-15-17-19-21-23-26-25-27-24-22-20-18-16-14-12-10-8-6-4-2/h25H,3-24,26-27H2,1-2H3. The molecule has 0 radical (unpaired) electrons. The van der Waals surface area contributed by atoms with E-state index < -0.39 is 0 Å². The third-order valence-corrected chi connectivity index (χ3v) is 10.4. The Morgan fingerprint density at radius 1 is 0.370 bits per heavy atom. The van der Waals surface area contributed by atoms with E-state index in [4.69, 9.17) is 0 Å². The van der Waals surface area contributed by atoms with E-state index in [0.29, 0.717) is 0 Å². The van der Waals surface area contributed by atoms with E-state index >= 15 is 0 Å². The van der Waals surface area contributed by atoms with Crippen molar-refractivity contribution >= 4 is 19.4 Å². The minimum Gasteiger partial charge on any atom is -0.369 e. The first kappa shape index (κ1) is 27.4. The molecular formula is C24H55NSi2. The van der Waals surface area contributed by atoms with Crippen molar-refractivity contribution in [3.05, 3.63) is 0 Å². The van der Waals surface area contributed by atoms with Crippen LogP contribution in [0.3, 0.4) is 0 Å². The molecule has 0 spiro atoms. The maximum absolute atomic E-state index is 3.92. The maximum atomic E-state index is 3.92. The number of unbranched alkanes of at least 4 members (excludes halogenated alkanes) is 18. The number of hydrogen-bond acceptors (Lipinski definition) is 1. The lowest BCUT2D eigenvalue weighted by molar-refractivity contribution is 0.561. The Hall–Kier alpha value is 0.394. The highest BCUT2D eigenvalue weighted by Gasteiger charge is 1.95. The fourth-order valence-electron chi connectivity index (χ4n) is 3.95. The van der Waals surface area contributed by atoms with E-state index in [-0.39, 0.29) is 19.4 Å². The zero-order chi connectivity index (χ0) is 19.7. The van der Waals surface area contributed by atoms with Crippen LogP contribution < -0.4 is 4.65 Å². The summed E-state index contributed by atoms with van der Waals surface area (Å²) >= 11 is 0. The van der Waals surface area contributed by atoms with E-state index in [0.717, 1.165) is 0 Å². The highest BCUT2D eigenvalue weighted by molar-refractivity contribution is 6.50. The molecule has 0 unspecified atom stereocenters. The summed E-state index contributed by atoms with van der Waals surface area (Å²) in [6.07, 6.45) is 29.5. The van der Waals surface area contributed by atoms with Crippen LogP contribution >= 0.6 is 0 Å². The smallest absolute Gasteiger partial charge is 0.0844 e. The fourth-order valence-corrected chi connectivity index (χ4v) is 8.16. The highest BCUT2D eigenvalue weighted by Crippen LogP contribution is 2.12. The monoisotopic (exact) mass is 413 g/mol. The van der Waals surface area contributed by atoms with E-state index in [1.807, 2.05) is 0 Å². The molecule has 0 aromatic heterocycles. The second-order valence-electron chi connectivity index (χ2n) is 8.82. The molecule has 0 aromatic carbocycles. The van der Waals surface area contributed by atoms with E-state index in [1.165, 1.54) is 128 Å². The summed E-state index contributed by atoms with van der Waals surface area (Å²) in [5, 5.41) is 0. The SMILES string of the molecule is CCCCCCCCCCCC[SiH2]N[SiH2]CCCCCCCCCCCC. The van der Waals surface area contributed by atoms with Crippen molar-refractivity contribution in [1.82, 2.24) is 4.65 Å². The zero-order valence-electron chi connectivity index (χ0n) is 19.5. The van der Waals surface area contributed by atoms with Crippen molar-refractivity contribution in [2.24, 2.45) is 0 Å². The van der Waals surface area contributed by atoms with Crippen LogP contribution in [-0.4, -0.2) is 19.4 Å². The lowest BCUT2D eigenvalue weighted by Gasteiger charge is -2.05. The Balaban J connectivity index is 2.95. The summed E-state index contributed by atoms with van der Waals surface area (Å²) < 4.78 is 3.92. The van der Waals surface area contributed by atoms with Gasteiger partial charge in [0.25, 0.3) is 0 Å². The number of hydrogen-bond donors (Lipinski definition) is 1. The minimum atomic E-state index is 0.111.